The van der Waals surface area contributed by atoms with Crippen molar-refractivity contribution in [3.8, 4) is 11.5 Å². The van der Waals surface area contributed by atoms with Gasteiger partial charge in [0, 0.05) is 19.0 Å². The molecule has 3 rings (SSSR count). The summed E-state index contributed by atoms with van der Waals surface area (Å²) < 4.78 is 19.6. The molecule has 0 bridgehead atoms. The van der Waals surface area contributed by atoms with Crippen LogP contribution in [-0.2, 0) is 16.1 Å². The zero-order valence-corrected chi connectivity index (χ0v) is 16.0. The standard InChI is InChI=1S/C23H21FN2O3/c1-17(27)26(16-23(28)25-15-18-9-5-6-12-20(18)24)21-13-7-8-14-22(21)29-19-10-3-2-4-11-19/h2-14H,15-16H2,1H3,(H,25,28). The fourth-order valence-corrected chi connectivity index (χ4v) is 2.78. The number of benzene rings is 3. The molecule has 0 atom stereocenters. The van der Waals surface area contributed by atoms with Gasteiger partial charge in [-0.05, 0) is 30.3 Å². The fraction of sp³-hybridized carbons (Fsp3) is 0.130. The minimum Gasteiger partial charge on any atom is -0.455 e. The Kier molecular flexibility index (Phi) is 6.58. The molecule has 3 aromatic rings. The molecule has 0 aliphatic heterocycles. The molecule has 2 amide bonds. The van der Waals surface area contributed by atoms with Crippen LogP contribution in [0.4, 0.5) is 10.1 Å². The van der Waals surface area contributed by atoms with Gasteiger partial charge >= 0.3 is 0 Å². The molecule has 0 aliphatic carbocycles. The molecule has 3 aromatic carbocycles. The summed E-state index contributed by atoms with van der Waals surface area (Å²) in [5, 5.41) is 2.65. The number of halogens is 1. The van der Waals surface area contributed by atoms with Gasteiger partial charge in [0.1, 0.15) is 18.1 Å². The van der Waals surface area contributed by atoms with Gasteiger partial charge in [-0.15, -0.1) is 0 Å². The lowest BCUT2D eigenvalue weighted by Crippen LogP contribution is -2.39. The highest BCUT2D eigenvalue weighted by molar-refractivity contribution is 5.98. The van der Waals surface area contributed by atoms with Crippen LogP contribution < -0.4 is 15.0 Å². The van der Waals surface area contributed by atoms with Crippen molar-refractivity contribution in [3.63, 3.8) is 0 Å². The maximum Gasteiger partial charge on any atom is 0.240 e. The quantitative estimate of drug-likeness (QED) is 0.653. The van der Waals surface area contributed by atoms with Crippen molar-refractivity contribution in [2.45, 2.75) is 13.5 Å². The lowest BCUT2D eigenvalue weighted by Gasteiger charge is -2.23. The van der Waals surface area contributed by atoms with Crippen LogP contribution in [0.3, 0.4) is 0 Å². The predicted octanol–water partition coefficient (Wildman–Crippen LogP) is 4.29. The minimum atomic E-state index is -0.405. The second-order valence-corrected chi connectivity index (χ2v) is 6.36. The third-order valence-electron chi connectivity index (χ3n) is 4.24. The van der Waals surface area contributed by atoms with E-state index in [4.69, 9.17) is 4.74 Å². The summed E-state index contributed by atoms with van der Waals surface area (Å²) >= 11 is 0. The lowest BCUT2D eigenvalue weighted by molar-refractivity contribution is -0.123. The Morgan fingerprint density at radius 3 is 2.31 bits per heavy atom. The molecule has 5 nitrogen and oxygen atoms in total. The van der Waals surface area contributed by atoms with Gasteiger partial charge in [-0.3, -0.25) is 14.5 Å². The summed E-state index contributed by atoms with van der Waals surface area (Å²) in [6, 6.07) is 22.4. The maximum absolute atomic E-state index is 13.7. The number of hydrogen-bond donors (Lipinski definition) is 1. The Labute approximate surface area is 168 Å². The largest absolute Gasteiger partial charge is 0.455 e. The summed E-state index contributed by atoms with van der Waals surface area (Å²) in [5.74, 6) is -0.0331. The first-order valence-corrected chi connectivity index (χ1v) is 9.14. The van der Waals surface area contributed by atoms with Crippen LogP contribution >= 0.6 is 0 Å². The number of carbonyl (C=O) groups excluding carboxylic acids is 2. The Morgan fingerprint density at radius 2 is 1.59 bits per heavy atom. The number of para-hydroxylation sites is 3. The molecular formula is C23H21FN2O3. The topological polar surface area (TPSA) is 58.6 Å². The van der Waals surface area contributed by atoms with E-state index in [-0.39, 0.29) is 19.0 Å². The number of ether oxygens (including phenoxy) is 1. The van der Waals surface area contributed by atoms with Crippen molar-refractivity contribution in [1.29, 1.82) is 0 Å². The number of nitrogens with one attached hydrogen (secondary N) is 1. The van der Waals surface area contributed by atoms with Crippen LogP contribution in [0.25, 0.3) is 0 Å². The molecule has 0 saturated carbocycles. The van der Waals surface area contributed by atoms with Crippen LogP contribution in [-0.4, -0.2) is 18.4 Å². The Bertz CT molecular complexity index is 992. The highest BCUT2D eigenvalue weighted by Gasteiger charge is 2.20. The average molecular weight is 392 g/mol. The van der Waals surface area contributed by atoms with Gasteiger partial charge in [0.25, 0.3) is 0 Å². The van der Waals surface area contributed by atoms with Gasteiger partial charge < -0.3 is 10.1 Å². The average Bonchev–Trinajstić information content (AvgIpc) is 2.72. The minimum absolute atomic E-state index is 0.0411. The molecule has 148 valence electrons. The predicted molar refractivity (Wildman–Crippen MR) is 109 cm³/mol. The summed E-state index contributed by atoms with van der Waals surface area (Å²) in [4.78, 5) is 26.0. The van der Waals surface area contributed by atoms with E-state index in [1.54, 1.807) is 54.6 Å². The van der Waals surface area contributed by atoms with Gasteiger partial charge in [0.2, 0.25) is 11.8 Å². The first kappa shape index (κ1) is 20.1. The molecule has 0 unspecified atom stereocenters. The van der Waals surface area contributed by atoms with E-state index in [0.29, 0.717) is 22.7 Å². The first-order valence-electron chi connectivity index (χ1n) is 9.14. The van der Waals surface area contributed by atoms with Crippen molar-refractivity contribution in [1.82, 2.24) is 5.32 Å². The number of anilines is 1. The second kappa shape index (κ2) is 9.50. The Morgan fingerprint density at radius 1 is 0.931 bits per heavy atom. The monoisotopic (exact) mass is 392 g/mol. The molecule has 0 fully saturated rings. The lowest BCUT2D eigenvalue weighted by atomic mass is 10.2. The first-order chi connectivity index (χ1) is 14.0. The highest BCUT2D eigenvalue weighted by Crippen LogP contribution is 2.32. The molecular weight excluding hydrogens is 371 g/mol. The molecule has 1 N–H and O–H groups in total. The van der Waals surface area contributed by atoms with Crippen LogP contribution in [0.15, 0.2) is 78.9 Å². The summed E-state index contributed by atoms with van der Waals surface area (Å²) in [5.41, 5.74) is 0.855. The number of hydrogen-bond acceptors (Lipinski definition) is 3. The molecule has 0 aliphatic rings. The van der Waals surface area contributed by atoms with Crippen molar-refractivity contribution >= 4 is 17.5 Å². The Balaban J connectivity index is 1.74. The van der Waals surface area contributed by atoms with Crippen LogP contribution in [0.5, 0.6) is 11.5 Å². The van der Waals surface area contributed by atoms with E-state index >= 15 is 0 Å². The molecule has 6 heteroatoms. The van der Waals surface area contributed by atoms with E-state index < -0.39 is 11.7 Å². The molecule has 0 spiro atoms. The molecule has 0 aromatic heterocycles. The number of rotatable bonds is 7. The van der Waals surface area contributed by atoms with Crippen molar-refractivity contribution in [2.24, 2.45) is 0 Å². The number of carbonyl (C=O) groups is 2. The normalized spacial score (nSPS) is 10.3. The molecule has 0 saturated heterocycles. The Hall–Kier alpha value is -3.67. The van der Waals surface area contributed by atoms with Gasteiger partial charge in [-0.25, -0.2) is 4.39 Å². The third-order valence-corrected chi connectivity index (χ3v) is 4.24. The SMILES string of the molecule is CC(=O)N(CC(=O)NCc1ccccc1F)c1ccccc1Oc1ccccc1. The van der Waals surface area contributed by atoms with Gasteiger partial charge in [0.15, 0.2) is 5.75 Å². The van der Waals surface area contributed by atoms with E-state index in [1.807, 2.05) is 18.2 Å². The zero-order chi connectivity index (χ0) is 20.6. The number of amides is 2. The van der Waals surface area contributed by atoms with Gasteiger partial charge in [-0.1, -0.05) is 48.5 Å². The van der Waals surface area contributed by atoms with Crippen molar-refractivity contribution < 1.29 is 18.7 Å². The maximum atomic E-state index is 13.7. The van der Waals surface area contributed by atoms with E-state index in [1.165, 1.54) is 17.9 Å². The second-order valence-electron chi connectivity index (χ2n) is 6.36. The fourth-order valence-electron chi connectivity index (χ4n) is 2.78. The highest BCUT2D eigenvalue weighted by atomic mass is 19.1. The molecule has 0 radical (unpaired) electrons. The van der Waals surface area contributed by atoms with Crippen LogP contribution in [0, 0.1) is 5.82 Å². The van der Waals surface area contributed by atoms with Crippen LogP contribution in [0.2, 0.25) is 0 Å². The third kappa shape index (κ3) is 5.42. The van der Waals surface area contributed by atoms with E-state index in [2.05, 4.69) is 5.32 Å². The smallest absolute Gasteiger partial charge is 0.240 e. The summed E-state index contributed by atoms with van der Waals surface area (Å²) in [6.07, 6.45) is 0. The van der Waals surface area contributed by atoms with Crippen molar-refractivity contribution in [2.75, 3.05) is 11.4 Å². The van der Waals surface area contributed by atoms with Crippen molar-refractivity contribution in [3.05, 3.63) is 90.2 Å². The zero-order valence-electron chi connectivity index (χ0n) is 16.0. The van der Waals surface area contributed by atoms with Crippen LogP contribution in [0.1, 0.15) is 12.5 Å². The molecule has 29 heavy (non-hydrogen) atoms. The summed E-state index contributed by atoms with van der Waals surface area (Å²) in [7, 11) is 0. The van der Waals surface area contributed by atoms with Gasteiger partial charge in [0.05, 0.1) is 5.69 Å². The molecule has 0 heterocycles. The number of nitrogens with zero attached hydrogens (tertiary/aromatic N) is 1. The van der Waals surface area contributed by atoms with Gasteiger partial charge in [-0.2, -0.15) is 0 Å². The van der Waals surface area contributed by atoms with E-state index in [9.17, 15) is 14.0 Å². The summed E-state index contributed by atoms with van der Waals surface area (Å²) in [6.45, 7) is 1.21. The van der Waals surface area contributed by atoms with E-state index in [0.717, 1.165) is 0 Å².